The molecular weight excluding hydrogens is 283 g/mol. The number of hydrogen-bond acceptors (Lipinski definition) is 2. The van der Waals surface area contributed by atoms with Crippen LogP contribution in [0.4, 0.5) is 13.2 Å². The SMILES string of the molecule is O=C(c1ccc(C#CCO)cc1)N(CC(F)(F)F)C1CC1. The number of hydrogen-bond donors (Lipinski definition) is 1. The zero-order chi connectivity index (χ0) is 15.5. The second-order valence-electron chi connectivity index (χ2n) is 4.82. The van der Waals surface area contributed by atoms with Gasteiger partial charge in [0.1, 0.15) is 13.2 Å². The minimum atomic E-state index is -4.40. The van der Waals surface area contributed by atoms with Gasteiger partial charge in [-0.05, 0) is 37.1 Å². The maximum absolute atomic E-state index is 12.5. The third kappa shape index (κ3) is 4.50. The molecule has 1 aliphatic rings. The van der Waals surface area contributed by atoms with Crippen LogP contribution in [0.3, 0.4) is 0 Å². The van der Waals surface area contributed by atoms with E-state index in [1.54, 1.807) is 12.1 Å². The molecule has 0 bridgehead atoms. The molecule has 1 N–H and O–H groups in total. The van der Waals surface area contributed by atoms with Gasteiger partial charge in [-0.2, -0.15) is 13.2 Å². The average Bonchev–Trinajstić information content (AvgIpc) is 3.26. The fourth-order valence-corrected chi connectivity index (χ4v) is 1.95. The zero-order valence-corrected chi connectivity index (χ0v) is 11.2. The third-order valence-electron chi connectivity index (χ3n) is 3.04. The Labute approximate surface area is 120 Å². The van der Waals surface area contributed by atoms with Crippen molar-refractivity contribution in [1.82, 2.24) is 4.90 Å². The van der Waals surface area contributed by atoms with Crippen LogP contribution >= 0.6 is 0 Å². The lowest BCUT2D eigenvalue weighted by Gasteiger charge is -2.23. The lowest BCUT2D eigenvalue weighted by Crippen LogP contribution is -2.40. The largest absolute Gasteiger partial charge is 0.406 e. The fraction of sp³-hybridized carbons (Fsp3) is 0.400. The van der Waals surface area contributed by atoms with Crippen molar-refractivity contribution < 1.29 is 23.1 Å². The summed E-state index contributed by atoms with van der Waals surface area (Å²) >= 11 is 0. The van der Waals surface area contributed by atoms with E-state index in [9.17, 15) is 18.0 Å². The van der Waals surface area contributed by atoms with Gasteiger partial charge in [0.25, 0.3) is 5.91 Å². The predicted octanol–water partition coefficient (Wildman–Crippen LogP) is 2.20. The Hall–Kier alpha value is -2.00. The smallest absolute Gasteiger partial charge is 0.384 e. The molecule has 2 rings (SSSR count). The Morgan fingerprint density at radius 1 is 1.29 bits per heavy atom. The lowest BCUT2D eigenvalue weighted by molar-refractivity contribution is -0.141. The zero-order valence-electron chi connectivity index (χ0n) is 11.2. The number of aliphatic hydroxyl groups is 1. The average molecular weight is 297 g/mol. The van der Waals surface area contributed by atoms with Crippen LogP contribution in [0.5, 0.6) is 0 Å². The van der Waals surface area contributed by atoms with Crippen LogP contribution in [0.2, 0.25) is 0 Å². The number of aliphatic hydroxyl groups excluding tert-OH is 1. The van der Waals surface area contributed by atoms with Crippen LogP contribution in [0, 0.1) is 11.8 Å². The van der Waals surface area contributed by atoms with Crippen molar-refractivity contribution in [3.05, 3.63) is 35.4 Å². The molecule has 0 aromatic heterocycles. The van der Waals surface area contributed by atoms with Gasteiger partial charge >= 0.3 is 6.18 Å². The van der Waals surface area contributed by atoms with Gasteiger partial charge in [-0.15, -0.1) is 0 Å². The first kappa shape index (κ1) is 15.4. The van der Waals surface area contributed by atoms with Gasteiger partial charge in [0.05, 0.1) is 0 Å². The molecule has 1 fully saturated rings. The maximum Gasteiger partial charge on any atom is 0.406 e. The normalized spacial score (nSPS) is 14.3. The molecule has 21 heavy (non-hydrogen) atoms. The molecule has 0 heterocycles. The summed E-state index contributed by atoms with van der Waals surface area (Å²) in [6, 6.07) is 5.70. The van der Waals surface area contributed by atoms with Gasteiger partial charge in [0.15, 0.2) is 0 Å². The standard InChI is InChI=1S/C15H14F3NO2/c16-15(17,18)10-19(13-7-8-13)14(21)12-5-3-11(4-6-12)2-1-9-20/h3-6,13,20H,7-10H2. The van der Waals surface area contributed by atoms with Crippen molar-refractivity contribution in [1.29, 1.82) is 0 Å². The van der Waals surface area contributed by atoms with Crippen molar-refractivity contribution in [2.75, 3.05) is 13.2 Å². The molecule has 0 atom stereocenters. The van der Waals surface area contributed by atoms with Gasteiger partial charge in [0.2, 0.25) is 0 Å². The van der Waals surface area contributed by atoms with Crippen molar-refractivity contribution in [2.45, 2.75) is 25.1 Å². The Balaban J connectivity index is 2.13. The molecular formula is C15H14F3NO2. The van der Waals surface area contributed by atoms with E-state index >= 15 is 0 Å². The van der Waals surface area contributed by atoms with E-state index in [1.165, 1.54) is 12.1 Å². The first-order valence-electron chi connectivity index (χ1n) is 6.48. The van der Waals surface area contributed by atoms with Crippen LogP contribution in [0.25, 0.3) is 0 Å². The summed E-state index contributed by atoms with van der Waals surface area (Å²) in [5, 5.41) is 8.58. The predicted molar refractivity (Wildman–Crippen MR) is 70.5 cm³/mol. The van der Waals surface area contributed by atoms with Crippen molar-refractivity contribution >= 4 is 5.91 Å². The van der Waals surface area contributed by atoms with Gasteiger partial charge in [0, 0.05) is 17.2 Å². The number of halogens is 3. The topological polar surface area (TPSA) is 40.5 Å². The summed E-state index contributed by atoms with van der Waals surface area (Å²) in [5.74, 6) is 4.50. The number of benzene rings is 1. The molecule has 1 aromatic carbocycles. The summed E-state index contributed by atoms with van der Waals surface area (Å²) in [4.78, 5) is 13.1. The van der Waals surface area contributed by atoms with Gasteiger partial charge in [-0.3, -0.25) is 4.79 Å². The Kier molecular flexibility index (Phi) is 4.53. The molecule has 1 aromatic rings. The number of carbonyl (C=O) groups is 1. The fourth-order valence-electron chi connectivity index (χ4n) is 1.95. The molecule has 0 unspecified atom stereocenters. The van der Waals surface area contributed by atoms with Gasteiger partial charge in [-0.1, -0.05) is 11.8 Å². The number of carbonyl (C=O) groups excluding carboxylic acids is 1. The van der Waals surface area contributed by atoms with Crippen molar-refractivity contribution in [3.63, 3.8) is 0 Å². The van der Waals surface area contributed by atoms with E-state index in [2.05, 4.69) is 11.8 Å². The van der Waals surface area contributed by atoms with Crippen LogP contribution in [-0.2, 0) is 0 Å². The second kappa shape index (κ2) is 6.19. The summed E-state index contributed by atoms with van der Waals surface area (Å²) < 4.78 is 37.6. The highest BCUT2D eigenvalue weighted by molar-refractivity contribution is 5.94. The van der Waals surface area contributed by atoms with E-state index in [0.717, 1.165) is 4.90 Å². The first-order valence-corrected chi connectivity index (χ1v) is 6.48. The number of amides is 1. The quantitative estimate of drug-likeness (QED) is 0.869. The summed E-state index contributed by atoms with van der Waals surface area (Å²) in [7, 11) is 0. The monoisotopic (exact) mass is 297 g/mol. The molecule has 3 nitrogen and oxygen atoms in total. The molecule has 1 saturated carbocycles. The van der Waals surface area contributed by atoms with E-state index in [-0.39, 0.29) is 18.2 Å². The first-order chi connectivity index (χ1) is 9.90. The van der Waals surface area contributed by atoms with Crippen LogP contribution < -0.4 is 0 Å². The summed E-state index contributed by atoms with van der Waals surface area (Å²) in [5.41, 5.74) is 0.801. The molecule has 0 saturated heterocycles. The third-order valence-corrected chi connectivity index (χ3v) is 3.04. The highest BCUT2D eigenvalue weighted by Crippen LogP contribution is 2.31. The molecule has 0 aliphatic heterocycles. The summed E-state index contributed by atoms with van der Waals surface area (Å²) in [6.45, 7) is -1.50. The van der Waals surface area contributed by atoms with E-state index < -0.39 is 18.6 Å². The van der Waals surface area contributed by atoms with E-state index in [1.807, 2.05) is 0 Å². The molecule has 0 radical (unpaired) electrons. The van der Waals surface area contributed by atoms with Crippen molar-refractivity contribution in [2.24, 2.45) is 0 Å². The second-order valence-corrected chi connectivity index (χ2v) is 4.82. The van der Waals surface area contributed by atoms with E-state index in [0.29, 0.717) is 18.4 Å². The van der Waals surface area contributed by atoms with Gasteiger partial charge in [-0.25, -0.2) is 0 Å². The number of alkyl halides is 3. The Morgan fingerprint density at radius 3 is 2.38 bits per heavy atom. The number of rotatable bonds is 3. The Morgan fingerprint density at radius 2 is 1.90 bits per heavy atom. The molecule has 1 amide bonds. The Bertz CT molecular complexity index is 565. The molecule has 112 valence electrons. The molecule has 1 aliphatic carbocycles. The van der Waals surface area contributed by atoms with Crippen molar-refractivity contribution in [3.8, 4) is 11.8 Å². The van der Waals surface area contributed by atoms with E-state index in [4.69, 9.17) is 5.11 Å². The minimum Gasteiger partial charge on any atom is -0.384 e. The maximum atomic E-state index is 12.5. The van der Waals surface area contributed by atoms with Gasteiger partial charge < -0.3 is 10.0 Å². The van der Waals surface area contributed by atoms with Crippen LogP contribution in [0.1, 0.15) is 28.8 Å². The molecule has 0 spiro atoms. The highest BCUT2D eigenvalue weighted by Gasteiger charge is 2.40. The molecule has 6 heteroatoms. The summed E-state index contributed by atoms with van der Waals surface area (Å²) in [6.07, 6.45) is -3.17. The van der Waals surface area contributed by atoms with Crippen LogP contribution in [-0.4, -0.2) is 41.3 Å². The van der Waals surface area contributed by atoms with Crippen LogP contribution in [0.15, 0.2) is 24.3 Å². The minimum absolute atomic E-state index is 0.209. The lowest BCUT2D eigenvalue weighted by atomic mass is 10.1. The highest BCUT2D eigenvalue weighted by atomic mass is 19.4. The number of nitrogens with zero attached hydrogens (tertiary/aromatic N) is 1.